The van der Waals surface area contributed by atoms with Crippen LogP contribution in [0.1, 0.15) is 5.56 Å². The number of aliphatic imine (C=N–C) groups is 1. The SMILES string of the molecule is CN(C)c1ccc(N=Cc2c(O)n(C)c3ccccc23)cc1. The lowest BCUT2D eigenvalue weighted by Crippen LogP contribution is -2.07. The summed E-state index contributed by atoms with van der Waals surface area (Å²) < 4.78 is 1.77. The third kappa shape index (κ3) is 2.44. The van der Waals surface area contributed by atoms with Crippen LogP contribution in [0.5, 0.6) is 5.88 Å². The molecule has 4 heteroatoms. The Hall–Kier alpha value is -2.75. The number of aryl methyl sites for hydroxylation is 1. The van der Waals surface area contributed by atoms with E-state index in [9.17, 15) is 5.11 Å². The highest BCUT2D eigenvalue weighted by Crippen LogP contribution is 2.29. The van der Waals surface area contributed by atoms with Gasteiger partial charge in [0.05, 0.1) is 16.8 Å². The first-order valence-electron chi connectivity index (χ1n) is 7.16. The van der Waals surface area contributed by atoms with Crippen molar-refractivity contribution in [3.63, 3.8) is 0 Å². The van der Waals surface area contributed by atoms with Crippen LogP contribution in [0.2, 0.25) is 0 Å². The summed E-state index contributed by atoms with van der Waals surface area (Å²) in [7, 11) is 5.86. The standard InChI is InChI=1S/C18H19N3O/c1-20(2)14-10-8-13(9-11-14)19-12-16-15-6-4-5-7-17(15)21(3)18(16)22/h4-12,22H,1-3H3. The Morgan fingerprint density at radius 3 is 2.41 bits per heavy atom. The number of aromatic nitrogens is 1. The van der Waals surface area contributed by atoms with E-state index in [4.69, 9.17) is 0 Å². The largest absolute Gasteiger partial charge is 0.494 e. The van der Waals surface area contributed by atoms with Crippen molar-refractivity contribution in [2.45, 2.75) is 0 Å². The average Bonchev–Trinajstić information content (AvgIpc) is 2.78. The average molecular weight is 293 g/mol. The molecule has 1 N–H and O–H groups in total. The highest BCUT2D eigenvalue weighted by Gasteiger charge is 2.11. The fourth-order valence-electron chi connectivity index (χ4n) is 2.51. The number of anilines is 1. The Morgan fingerprint density at radius 2 is 1.73 bits per heavy atom. The summed E-state index contributed by atoms with van der Waals surface area (Å²) in [4.78, 5) is 6.53. The Kier molecular flexibility index (Phi) is 3.59. The van der Waals surface area contributed by atoms with Crippen LogP contribution in [0.4, 0.5) is 11.4 Å². The van der Waals surface area contributed by atoms with E-state index in [1.54, 1.807) is 10.8 Å². The molecule has 0 amide bonds. The van der Waals surface area contributed by atoms with Crippen LogP contribution >= 0.6 is 0 Å². The van der Waals surface area contributed by atoms with E-state index in [2.05, 4.69) is 4.99 Å². The van der Waals surface area contributed by atoms with Crippen molar-refractivity contribution in [3.8, 4) is 5.88 Å². The van der Waals surface area contributed by atoms with Crippen molar-refractivity contribution < 1.29 is 5.11 Å². The molecule has 0 saturated heterocycles. The third-order valence-corrected chi connectivity index (χ3v) is 3.82. The van der Waals surface area contributed by atoms with Gasteiger partial charge in [-0.15, -0.1) is 0 Å². The summed E-state index contributed by atoms with van der Waals surface area (Å²) >= 11 is 0. The van der Waals surface area contributed by atoms with Crippen LogP contribution in [0.3, 0.4) is 0 Å². The summed E-state index contributed by atoms with van der Waals surface area (Å²) in [5.74, 6) is 0.231. The normalized spacial score (nSPS) is 11.4. The van der Waals surface area contributed by atoms with E-state index in [0.717, 1.165) is 27.8 Å². The summed E-state index contributed by atoms with van der Waals surface area (Å²) in [5.41, 5.74) is 3.73. The Labute approximate surface area is 129 Å². The maximum absolute atomic E-state index is 10.3. The molecule has 0 bridgehead atoms. The molecular formula is C18H19N3O. The van der Waals surface area contributed by atoms with Gasteiger partial charge in [-0.05, 0) is 30.3 Å². The van der Waals surface area contributed by atoms with E-state index in [1.165, 1.54) is 0 Å². The molecule has 0 saturated carbocycles. The van der Waals surface area contributed by atoms with Gasteiger partial charge < -0.3 is 14.6 Å². The minimum atomic E-state index is 0.231. The second-order valence-electron chi connectivity index (χ2n) is 5.48. The molecule has 0 aliphatic carbocycles. The van der Waals surface area contributed by atoms with E-state index >= 15 is 0 Å². The van der Waals surface area contributed by atoms with Gasteiger partial charge >= 0.3 is 0 Å². The van der Waals surface area contributed by atoms with Crippen LogP contribution in [-0.4, -0.2) is 30.0 Å². The number of hydrogen-bond donors (Lipinski definition) is 1. The zero-order chi connectivity index (χ0) is 15.7. The van der Waals surface area contributed by atoms with Gasteiger partial charge in [-0.2, -0.15) is 0 Å². The van der Waals surface area contributed by atoms with Gasteiger partial charge in [0.15, 0.2) is 0 Å². The fourth-order valence-corrected chi connectivity index (χ4v) is 2.51. The molecule has 0 atom stereocenters. The molecule has 3 aromatic rings. The van der Waals surface area contributed by atoms with Crippen molar-refractivity contribution in [1.82, 2.24) is 4.57 Å². The lowest BCUT2D eigenvalue weighted by atomic mass is 10.2. The number of rotatable bonds is 3. The topological polar surface area (TPSA) is 40.8 Å². The van der Waals surface area contributed by atoms with E-state index in [1.807, 2.05) is 74.6 Å². The highest BCUT2D eigenvalue weighted by molar-refractivity contribution is 6.03. The first-order chi connectivity index (χ1) is 10.6. The van der Waals surface area contributed by atoms with Gasteiger partial charge in [0, 0.05) is 38.4 Å². The van der Waals surface area contributed by atoms with Crippen LogP contribution < -0.4 is 4.90 Å². The molecule has 0 spiro atoms. The van der Waals surface area contributed by atoms with E-state index in [-0.39, 0.29) is 5.88 Å². The Balaban J connectivity index is 1.97. The van der Waals surface area contributed by atoms with Crippen molar-refractivity contribution in [2.75, 3.05) is 19.0 Å². The van der Waals surface area contributed by atoms with Crippen LogP contribution in [0, 0.1) is 0 Å². The molecule has 2 aromatic carbocycles. The summed E-state index contributed by atoms with van der Waals surface area (Å²) in [6.45, 7) is 0. The van der Waals surface area contributed by atoms with Crippen molar-refractivity contribution in [3.05, 3.63) is 54.1 Å². The minimum absolute atomic E-state index is 0.231. The van der Waals surface area contributed by atoms with Crippen molar-refractivity contribution in [1.29, 1.82) is 0 Å². The molecule has 3 rings (SSSR count). The van der Waals surface area contributed by atoms with Gasteiger partial charge in [0.25, 0.3) is 0 Å². The van der Waals surface area contributed by atoms with E-state index < -0.39 is 0 Å². The molecule has 0 unspecified atom stereocenters. The quantitative estimate of drug-likeness (QED) is 0.748. The highest BCUT2D eigenvalue weighted by atomic mass is 16.3. The van der Waals surface area contributed by atoms with Gasteiger partial charge in [0.1, 0.15) is 0 Å². The lowest BCUT2D eigenvalue weighted by molar-refractivity contribution is 0.434. The van der Waals surface area contributed by atoms with Gasteiger partial charge in [0.2, 0.25) is 5.88 Å². The molecule has 4 nitrogen and oxygen atoms in total. The number of nitrogens with zero attached hydrogens (tertiary/aromatic N) is 3. The second-order valence-corrected chi connectivity index (χ2v) is 5.48. The molecule has 0 radical (unpaired) electrons. The second kappa shape index (κ2) is 5.56. The molecule has 1 heterocycles. The predicted octanol–water partition coefficient (Wildman–Crippen LogP) is 3.70. The number of fused-ring (bicyclic) bond motifs is 1. The van der Waals surface area contributed by atoms with Gasteiger partial charge in [-0.1, -0.05) is 18.2 Å². The summed E-state index contributed by atoms with van der Waals surface area (Å²) in [6, 6.07) is 15.9. The molecule has 22 heavy (non-hydrogen) atoms. The summed E-state index contributed by atoms with van der Waals surface area (Å²) in [6.07, 6.45) is 1.72. The summed E-state index contributed by atoms with van der Waals surface area (Å²) in [5, 5.41) is 11.3. The zero-order valence-electron chi connectivity index (χ0n) is 13.0. The molecule has 0 aliphatic rings. The number of para-hydroxylation sites is 1. The van der Waals surface area contributed by atoms with Crippen LogP contribution in [0.25, 0.3) is 10.9 Å². The molecule has 1 aromatic heterocycles. The first kappa shape index (κ1) is 14.2. The minimum Gasteiger partial charge on any atom is -0.494 e. The predicted molar refractivity (Wildman–Crippen MR) is 92.6 cm³/mol. The van der Waals surface area contributed by atoms with Gasteiger partial charge in [-0.3, -0.25) is 4.99 Å². The maximum Gasteiger partial charge on any atom is 0.200 e. The van der Waals surface area contributed by atoms with Crippen LogP contribution in [-0.2, 0) is 7.05 Å². The van der Waals surface area contributed by atoms with Crippen LogP contribution in [0.15, 0.2) is 53.5 Å². The van der Waals surface area contributed by atoms with E-state index in [0.29, 0.717) is 0 Å². The Morgan fingerprint density at radius 1 is 1.05 bits per heavy atom. The lowest BCUT2D eigenvalue weighted by Gasteiger charge is -2.11. The maximum atomic E-state index is 10.3. The smallest absolute Gasteiger partial charge is 0.200 e. The molecule has 0 aliphatic heterocycles. The molecular weight excluding hydrogens is 274 g/mol. The third-order valence-electron chi connectivity index (χ3n) is 3.82. The molecule has 0 fully saturated rings. The fraction of sp³-hybridized carbons (Fsp3) is 0.167. The monoisotopic (exact) mass is 293 g/mol. The number of benzene rings is 2. The number of hydrogen-bond acceptors (Lipinski definition) is 3. The van der Waals surface area contributed by atoms with Crippen molar-refractivity contribution >= 4 is 28.5 Å². The Bertz CT molecular complexity index is 829. The molecule has 112 valence electrons. The zero-order valence-corrected chi connectivity index (χ0v) is 13.0. The number of aromatic hydroxyl groups is 1. The van der Waals surface area contributed by atoms with Gasteiger partial charge in [-0.25, -0.2) is 0 Å². The first-order valence-corrected chi connectivity index (χ1v) is 7.16. The van der Waals surface area contributed by atoms with Crippen molar-refractivity contribution in [2.24, 2.45) is 12.0 Å².